The van der Waals surface area contributed by atoms with Gasteiger partial charge in [-0.25, -0.2) is 0 Å². The fourth-order valence-corrected chi connectivity index (χ4v) is 2.14. The Labute approximate surface area is 113 Å². The molecule has 0 atom stereocenters. The van der Waals surface area contributed by atoms with E-state index in [9.17, 15) is 0 Å². The summed E-state index contributed by atoms with van der Waals surface area (Å²) in [6.07, 6.45) is 0. The highest BCUT2D eigenvalue weighted by molar-refractivity contribution is 5.69. The molecule has 3 nitrogen and oxygen atoms in total. The molecule has 0 unspecified atom stereocenters. The molecule has 2 N–H and O–H groups in total. The van der Waals surface area contributed by atoms with Crippen LogP contribution < -0.4 is 10.6 Å². The predicted octanol–water partition coefficient (Wildman–Crippen LogP) is 3.53. The van der Waals surface area contributed by atoms with Gasteiger partial charge in [0.25, 0.3) is 0 Å². The molecular weight excluding hydrogens is 234 g/mol. The third-order valence-corrected chi connectivity index (χ3v) is 3.14. The summed E-state index contributed by atoms with van der Waals surface area (Å²) in [6, 6.07) is 14.0. The second kappa shape index (κ2) is 5.03. The Hall–Kier alpha value is -2.47. The zero-order valence-electron chi connectivity index (χ0n) is 11.4. The largest absolute Gasteiger partial charge is 0.398 e. The topological polar surface area (TPSA) is 53.0 Å². The Bertz CT molecular complexity index is 633. The fraction of sp³-hybridized carbons (Fsp3) is 0.188. The lowest BCUT2D eigenvalue weighted by Gasteiger charge is -2.21. The van der Waals surface area contributed by atoms with Gasteiger partial charge in [0.05, 0.1) is 5.56 Å². The second-order valence-electron chi connectivity index (χ2n) is 4.79. The van der Waals surface area contributed by atoms with E-state index in [4.69, 9.17) is 11.0 Å². The molecule has 3 heteroatoms. The van der Waals surface area contributed by atoms with E-state index in [2.05, 4.69) is 43.0 Å². The van der Waals surface area contributed by atoms with Crippen molar-refractivity contribution in [2.75, 3.05) is 17.7 Å². The van der Waals surface area contributed by atoms with Crippen LogP contribution in [0.4, 0.5) is 17.1 Å². The molecule has 0 aliphatic heterocycles. The van der Waals surface area contributed by atoms with E-state index in [0.717, 1.165) is 11.4 Å². The monoisotopic (exact) mass is 251 g/mol. The molecule has 0 bridgehead atoms. The minimum Gasteiger partial charge on any atom is -0.398 e. The minimum atomic E-state index is 0.508. The summed E-state index contributed by atoms with van der Waals surface area (Å²) in [4.78, 5) is 2.06. The Morgan fingerprint density at radius 1 is 1.00 bits per heavy atom. The summed E-state index contributed by atoms with van der Waals surface area (Å²) >= 11 is 0. The third-order valence-electron chi connectivity index (χ3n) is 3.14. The van der Waals surface area contributed by atoms with E-state index >= 15 is 0 Å². The van der Waals surface area contributed by atoms with Crippen LogP contribution in [0.1, 0.15) is 16.7 Å². The van der Waals surface area contributed by atoms with Crippen molar-refractivity contribution in [1.29, 1.82) is 5.26 Å². The first-order valence-electron chi connectivity index (χ1n) is 6.13. The van der Waals surface area contributed by atoms with Crippen LogP contribution in [0, 0.1) is 25.2 Å². The zero-order chi connectivity index (χ0) is 14.0. The van der Waals surface area contributed by atoms with Crippen LogP contribution in [0.25, 0.3) is 0 Å². The molecule has 0 heterocycles. The average molecular weight is 251 g/mol. The molecule has 2 aromatic carbocycles. The second-order valence-corrected chi connectivity index (χ2v) is 4.79. The molecule has 2 aromatic rings. The third kappa shape index (κ3) is 2.69. The molecule has 0 saturated carbocycles. The molecular formula is C16H17N3. The van der Waals surface area contributed by atoms with Crippen molar-refractivity contribution in [2.45, 2.75) is 13.8 Å². The molecule has 96 valence electrons. The first-order valence-corrected chi connectivity index (χ1v) is 6.13. The first-order chi connectivity index (χ1) is 9.01. The summed E-state index contributed by atoms with van der Waals surface area (Å²) in [5, 5.41) is 9.03. The number of nitrogens with two attached hydrogens (primary N) is 1. The van der Waals surface area contributed by atoms with Crippen LogP contribution in [0.15, 0.2) is 36.4 Å². The van der Waals surface area contributed by atoms with Gasteiger partial charge in [-0.05, 0) is 55.3 Å². The Morgan fingerprint density at radius 3 is 2.21 bits per heavy atom. The van der Waals surface area contributed by atoms with Crippen LogP contribution in [0.2, 0.25) is 0 Å². The molecule has 0 saturated heterocycles. The lowest BCUT2D eigenvalue weighted by molar-refractivity contribution is 1.19. The number of aryl methyl sites for hydroxylation is 2. The van der Waals surface area contributed by atoms with Crippen LogP contribution in [-0.2, 0) is 0 Å². The van der Waals surface area contributed by atoms with E-state index in [0.29, 0.717) is 11.3 Å². The van der Waals surface area contributed by atoms with E-state index in [1.54, 1.807) is 6.07 Å². The highest BCUT2D eigenvalue weighted by Crippen LogP contribution is 2.27. The molecule has 19 heavy (non-hydrogen) atoms. The SMILES string of the molecule is Cc1cc(C)cc(N(C)c2ccc(N)c(C#N)c2)c1. The molecule has 0 aliphatic rings. The van der Waals surface area contributed by atoms with Crippen LogP contribution in [0.5, 0.6) is 0 Å². The normalized spacial score (nSPS) is 10.0. The van der Waals surface area contributed by atoms with Crippen LogP contribution >= 0.6 is 0 Å². The highest BCUT2D eigenvalue weighted by Gasteiger charge is 2.07. The van der Waals surface area contributed by atoms with Gasteiger partial charge in [0.1, 0.15) is 6.07 Å². The smallest absolute Gasteiger partial charge is 0.101 e. The summed E-state index contributed by atoms with van der Waals surface area (Å²) < 4.78 is 0. The molecule has 0 spiro atoms. The number of anilines is 3. The standard InChI is InChI=1S/C16H17N3/c1-11-6-12(2)8-15(7-11)19(3)14-4-5-16(18)13(9-14)10-17/h4-9H,18H2,1-3H3. The van der Waals surface area contributed by atoms with Gasteiger partial charge in [0.2, 0.25) is 0 Å². The molecule has 0 aromatic heterocycles. The number of hydrogen-bond acceptors (Lipinski definition) is 3. The number of hydrogen-bond donors (Lipinski definition) is 1. The van der Waals surface area contributed by atoms with Crippen molar-refractivity contribution in [3.63, 3.8) is 0 Å². The van der Waals surface area contributed by atoms with Crippen molar-refractivity contribution in [3.8, 4) is 6.07 Å². The van der Waals surface area contributed by atoms with Gasteiger partial charge in [0, 0.05) is 24.1 Å². The van der Waals surface area contributed by atoms with Crippen molar-refractivity contribution in [1.82, 2.24) is 0 Å². The van der Waals surface area contributed by atoms with E-state index in [1.807, 2.05) is 19.2 Å². The molecule has 0 radical (unpaired) electrons. The maximum atomic E-state index is 9.03. The average Bonchev–Trinajstić information content (AvgIpc) is 2.37. The number of nitrogen functional groups attached to an aromatic ring is 1. The summed E-state index contributed by atoms with van der Waals surface area (Å²) in [7, 11) is 1.99. The van der Waals surface area contributed by atoms with Crippen LogP contribution in [-0.4, -0.2) is 7.05 Å². The van der Waals surface area contributed by atoms with Crippen molar-refractivity contribution in [3.05, 3.63) is 53.1 Å². The van der Waals surface area contributed by atoms with E-state index in [1.165, 1.54) is 11.1 Å². The number of nitrogens with zero attached hydrogens (tertiary/aromatic N) is 2. The Kier molecular flexibility index (Phi) is 3.43. The van der Waals surface area contributed by atoms with Crippen molar-refractivity contribution < 1.29 is 0 Å². The van der Waals surface area contributed by atoms with Crippen LogP contribution in [0.3, 0.4) is 0 Å². The summed E-state index contributed by atoms with van der Waals surface area (Å²) in [6.45, 7) is 4.15. The minimum absolute atomic E-state index is 0.508. The highest BCUT2D eigenvalue weighted by atomic mass is 15.1. The van der Waals surface area contributed by atoms with Gasteiger partial charge in [-0.3, -0.25) is 0 Å². The number of benzene rings is 2. The first kappa shape index (κ1) is 13.0. The molecule has 0 aliphatic carbocycles. The van der Waals surface area contributed by atoms with Gasteiger partial charge in [-0.15, -0.1) is 0 Å². The Balaban J connectivity index is 2.44. The van der Waals surface area contributed by atoms with Gasteiger partial charge >= 0.3 is 0 Å². The number of rotatable bonds is 2. The van der Waals surface area contributed by atoms with Crippen molar-refractivity contribution in [2.24, 2.45) is 0 Å². The van der Waals surface area contributed by atoms with E-state index in [-0.39, 0.29) is 0 Å². The number of nitriles is 1. The zero-order valence-corrected chi connectivity index (χ0v) is 11.4. The lowest BCUT2D eigenvalue weighted by Crippen LogP contribution is -2.10. The fourth-order valence-electron chi connectivity index (χ4n) is 2.14. The summed E-state index contributed by atoms with van der Waals surface area (Å²) in [5.41, 5.74) is 11.3. The maximum absolute atomic E-state index is 9.03. The quantitative estimate of drug-likeness (QED) is 0.831. The molecule has 0 amide bonds. The Morgan fingerprint density at radius 2 is 1.63 bits per heavy atom. The lowest BCUT2D eigenvalue weighted by atomic mass is 10.1. The van der Waals surface area contributed by atoms with Gasteiger partial charge in [0.15, 0.2) is 0 Å². The van der Waals surface area contributed by atoms with Gasteiger partial charge < -0.3 is 10.6 Å². The van der Waals surface area contributed by atoms with Gasteiger partial charge in [-0.2, -0.15) is 5.26 Å². The molecule has 2 rings (SSSR count). The van der Waals surface area contributed by atoms with Crippen molar-refractivity contribution >= 4 is 17.1 Å². The molecule has 0 fully saturated rings. The van der Waals surface area contributed by atoms with Gasteiger partial charge in [-0.1, -0.05) is 6.07 Å². The predicted molar refractivity (Wildman–Crippen MR) is 79.5 cm³/mol. The van der Waals surface area contributed by atoms with E-state index < -0.39 is 0 Å². The summed E-state index contributed by atoms with van der Waals surface area (Å²) in [5.74, 6) is 0. The maximum Gasteiger partial charge on any atom is 0.101 e.